The molecule has 5 heterocycles. The Balaban J connectivity index is 1.28. The molecule has 0 saturated carbocycles. The highest BCUT2D eigenvalue weighted by Crippen LogP contribution is 2.32. The van der Waals surface area contributed by atoms with Gasteiger partial charge in [0.05, 0.1) is 54.1 Å². The molecular formula is C29H36N10O2. The average molecular weight is 557 g/mol. The van der Waals surface area contributed by atoms with Crippen molar-refractivity contribution in [1.82, 2.24) is 45.0 Å². The lowest BCUT2D eigenvalue weighted by atomic mass is 9.96. The van der Waals surface area contributed by atoms with Gasteiger partial charge >= 0.3 is 0 Å². The van der Waals surface area contributed by atoms with E-state index in [-0.39, 0.29) is 17.5 Å². The molecule has 4 aromatic rings. The molecule has 3 aromatic heterocycles. The quantitative estimate of drug-likeness (QED) is 0.367. The van der Waals surface area contributed by atoms with Gasteiger partial charge < -0.3 is 15.4 Å². The molecule has 214 valence electrons. The van der Waals surface area contributed by atoms with Crippen LogP contribution in [0.25, 0.3) is 11.3 Å². The van der Waals surface area contributed by atoms with Crippen molar-refractivity contribution < 1.29 is 9.53 Å². The highest BCUT2D eigenvalue weighted by atomic mass is 16.5. The van der Waals surface area contributed by atoms with Crippen molar-refractivity contribution in [1.29, 1.82) is 0 Å². The fraction of sp³-hybridized carbons (Fsp3) is 0.448. The van der Waals surface area contributed by atoms with Crippen LogP contribution in [-0.2, 0) is 23.9 Å². The molecular weight excluding hydrogens is 520 g/mol. The molecule has 0 bridgehead atoms. The Hall–Kier alpha value is -4.16. The zero-order valence-corrected chi connectivity index (χ0v) is 24.1. The van der Waals surface area contributed by atoms with E-state index in [1.54, 1.807) is 21.8 Å². The number of fused-ring (bicyclic) bond motifs is 1. The number of nitrogens with zero attached hydrogens (tertiary/aromatic N) is 8. The first kappa shape index (κ1) is 27.0. The summed E-state index contributed by atoms with van der Waals surface area (Å²) in [7, 11) is 1.88. The van der Waals surface area contributed by atoms with E-state index in [1.165, 1.54) is 0 Å². The number of nitrogens with one attached hydrogen (secondary N) is 2. The summed E-state index contributed by atoms with van der Waals surface area (Å²) in [5, 5.41) is 19.2. The van der Waals surface area contributed by atoms with Crippen LogP contribution in [0.15, 0.2) is 42.9 Å². The number of carbonyl (C=O) groups excluding carboxylic acids is 1. The maximum atomic E-state index is 13.3. The Morgan fingerprint density at radius 1 is 1.15 bits per heavy atom. The van der Waals surface area contributed by atoms with Crippen molar-refractivity contribution in [3.8, 4) is 11.3 Å². The van der Waals surface area contributed by atoms with E-state index in [0.29, 0.717) is 17.7 Å². The third kappa shape index (κ3) is 5.70. The molecule has 2 aliphatic heterocycles. The summed E-state index contributed by atoms with van der Waals surface area (Å²) < 4.78 is 8.98. The lowest BCUT2D eigenvalue weighted by Crippen LogP contribution is -2.48. The second kappa shape index (κ2) is 10.7. The Morgan fingerprint density at radius 3 is 2.66 bits per heavy atom. The molecule has 1 aromatic carbocycles. The predicted molar refractivity (Wildman–Crippen MR) is 154 cm³/mol. The molecule has 1 saturated heterocycles. The molecule has 12 nitrogen and oxygen atoms in total. The minimum atomic E-state index is -0.255. The molecule has 12 heteroatoms. The molecule has 1 atom stereocenters. The molecule has 1 fully saturated rings. The zero-order valence-electron chi connectivity index (χ0n) is 24.1. The minimum absolute atomic E-state index is 0.159. The van der Waals surface area contributed by atoms with E-state index < -0.39 is 0 Å². The van der Waals surface area contributed by atoms with Gasteiger partial charge in [-0.1, -0.05) is 17.3 Å². The molecule has 6 rings (SSSR count). The second-order valence-electron chi connectivity index (χ2n) is 11.8. The number of hydrogen-bond acceptors (Lipinski definition) is 9. The molecule has 0 radical (unpaired) electrons. The summed E-state index contributed by atoms with van der Waals surface area (Å²) >= 11 is 0. The topological polar surface area (TPSA) is 128 Å². The predicted octanol–water partition coefficient (Wildman–Crippen LogP) is 3.35. The standard InChI is InChI=1S/C29H36N10O2/c1-18-25(14-37(5)35-18)33-28-30-10-8-23(32-28)19-6-7-22-20(12-19)13-38(21-16-41-17-21)11-9-24(22)31-27(40)26-15-39(36-34-26)29(2,3)4/h6-8,10,12,14-15,21,24H,9,11,13,16-17H2,1-5H3,(H,31,40)(H,30,32,33)/t24-/m1/s1. The largest absolute Gasteiger partial charge is 0.378 e. The summed E-state index contributed by atoms with van der Waals surface area (Å²) in [6.45, 7) is 11.1. The maximum Gasteiger partial charge on any atom is 0.273 e. The molecule has 2 aliphatic rings. The maximum absolute atomic E-state index is 13.3. The summed E-state index contributed by atoms with van der Waals surface area (Å²) in [6, 6.07) is 8.50. The van der Waals surface area contributed by atoms with Crippen LogP contribution in [-0.4, -0.2) is 71.3 Å². The first-order valence-corrected chi connectivity index (χ1v) is 13.9. The molecule has 2 N–H and O–H groups in total. The van der Waals surface area contributed by atoms with E-state index in [1.807, 2.05) is 47.0 Å². The third-order valence-corrected chi connectivity index (χ3v) is 7.66. The van der Waals surface area contributed by atoms with Gasteiger partial charge in [0.1, 0.15) is 0 Å². The number of aromatic nitrogens is 7. The van der Waals surface area contributed by atoms with Gasteiger partial charge in [0.2, 0.25) is 5.95 Å². The van der Waals surface area contributed by atoms with Crippen LogP contribution in [0, 0.1) is 6.92 Å². The van der Waals surface area contributed by atoms with Crippen molar-refractivity contribution in [2.45, 2.75) is 58.3 Å². The smallest absolute Gasteiger partial charge is 0.273 e. The van der Waals surface area contributed by atoms with Crippen molar-refractivity contribution in [2.24, 2.45) is 7.05 Å². The second-order valence-corrected chi connectivity index (χ2v) is 11.8. The lowest BCUT2D eigenvalue weighted by molar-refractivity contribution is -0.0678. The Bertz CT molecular complexity index is 1570. The average Bonchev–Trinajstić information content (AvgIpc) is 3.48. The fourth-order valence-electron chi connectivity index (χ4n) is 5.24. The number of rotatable bonds is 6. The van der Waals surface area contributed by atoms with E-state index in [2.05, 4.69) is 54.1 Å². The van der Waals surface area contributed by atoms with Crippen LogP contribution in [0.1, 0.15) is 60.5 Å². The van der Waals surface area contributed by atoms with Gasteiger partial charge in [0, 0.05) is 38.1 Å². The number of benzene rings is 1. The van der Waals surface area contributed by atoms with Crippen LogP contribution in [0.2, 0.25) is 0 Å². The Kier molecular flexibility index (Phi) is 7.04. The van der Waals surface area contributed by atoms with E-state index >= 15 is 0 Å². The number of carbonyl (C=O) groups is 1. The van der Waals surface area contributed by atoms with Crippen molar-refractivity contribution >= 4 is 17.5 Å². The van der Waals surface area contributed by atoms with Crippen LogP contribution in [0.4, 0.5) is 11.6 Å². The van der Waals surface area contributed by atoms with Gasteiger partial charge in [-0.15, -0.1) is 5.10 Å². The molecule has 0 aliphatic carbocycles. The van der Waals surface area contributed by atoms with Crippen LogP contribution in [0.5, 0.6) is 0 Å². The first-order chi connectivity index (χ1) is 19.6. The van der Waals surface area contributed by atoms with Crippen LogP contribution < -0.4 is 10.6 Å². The number of hydrogen-bond donors (Lipinski definition) is 2. The van der Waals surface area contributed by atoms with E-state index in [9.17, 15) is 4.79 Å². The SMILES string of the molecule is Cc1nn(C)cc1Nc1nccc(-c2ccc3c(c2)CN(C2COC2)CC[C@H]3NC(=O)c2cn(C(C)(C)C)nn2)n1. The van der Waals surface area contributed by atoms with E-state index in [0.717, 1.165) is 66.5 Å². The van der Waals surface area contributed by atoms with Crippen molar-refractivity contribution in [2.75, 3.05) is 25.1 Å². The minimum Gasteiger partial charge on any atom is -0.378 e. The number of anilines is 2. The number of amides is 1. The van der Waals surface area contributed by atoms with Gasteiger partial charge in [-0.2, -0.15) is 5.10 Å². The summed E-state index contributed by atoms with van der Waals surface area (Å²) in [5.41, 5.74) is 5.87. The Morgan fingerprint density at radius 2 is 1.98 bits per heavy atom. The van der Waals surface area contributed by atoms with Gasteiger partial charge in [-0.25, -0.2) is 14.6 Å². The first-order valence-electron chi connectivity index (χ1n) is 13.9. The van der Waals surface area contributed by atoms with Crippen LogP contribution >= 0.6 is 0 Å². The zero-order chi connectivity index (χ0) is 28.7. The molecule has 1 amide bonds. The molecule has 41 heavy (non-hydrogen) atoms. The van der Waals surface area contributed by atoms with Gasteiger partial charge in [0.25, 0.3) is 5.91 Å². The molecule has 0 unspecified atom stereocenters. The van der Waals surface area contributed by atoms with Crippen molar-refractivity contribution in [3.05, 3.63) is 65.4 Å². The summed E-state index contributed by atoms with van der Waals surface area (Å²) in [5.74, 6) is 0.286. The Labute approximate surface area is 239 Å². The van der Waals surface area contributed by atoms with Gasteiger partial charge in [-0.3, -0.25) is 14.4 Å². The number of ether oxygens (including phenoxy) is 1. The summed E-state index contributed by atoms with van der Waals surface area (Å²) in [6.07, 6.45) is 6.16. The highest BCUT2D eigenvalue weighted by molar-refractivity contribution is 5.92. The highest BCUT2D eigenvalue weighted by Gasteiger charge is 2.32. The van der Waals surface area contributed by atoms with Gasteiger partial charge in [0.15, 0.2) is 5.69 Å². The molecule has 0 spiro atoms. The number of aryl methyl sites for hydroxylation is 2. The fourth-order valence-corrected chi connectivity index (χ4v) is 5.24. The van der Waals surface area contributed by atoms with Crippen LogP contribution in [0.3, 0.4) is 0 Å². The monoisotopic (exact) mass is 556 g/mol. The van der Waals surface area contributed by atoms with Crippen molar-refractivity contribution in [3.63, 3.8) is 0 Å². The van der Waals surface area contributed by atoms with E-state index in [4.69, 9.17) is 9.72 Å². The summed E-state index contributed by atoms with van der Waals surface area (Å²) in [4.78, 5) is 24.9. The third-order valence-electron chi connectivity index (χ3n) is 7.66. The van der Waals surface area contributed by atoms with Gasteiger partial charge in [-0.05, 0) is 57.4 Å². The normalized spacial score (nSPS) is 17.9. The lowest BCUT2D eigenvalue weighted by Gasteiger charge is -2.36.